The third kappa shape index (κ3) is 1.44. The fourth-order valence-corrected chi connectivity index (χ4v) is 1.46. The Bertz CT molecular complexity index is 417. The smallest absolute Gasteiger partial charge is 0.305 e. The number of aromatic nitrogens is 2. The van der Waals surface area contributed by atoms with Gasteiger partial charge >= 0.3 is 5.97 Å². The molecule has 0 saturated heterocycles. The van der Waals surface area contributed by atoms with Gasteiger partial charge in [0.05, 0.1) is 37.4 Å². The van der Waals surface area contributed by atoms with E-state index in [1.165, 1.54) is 4.68 Å². The highest BCUT2D eigenvalue weighted by Gasteiger charge is 2.19. The van der Waals surface area contributed by atoms with Crippen molar-refractivity contribution in [3.8, 4) is 0 Å². The lowest BCUT2D eigenvalue weighted by Gasteiger charge is -1.98. The van der Waals surface area contributed by atoms with Crippen molar-refractivity contribution in [2.45, 2.75) is 26.2 Å². The molecule has 0 aliphatic carbocycles. The van der Waals surface area contributed by atoms with Crippen molar-refractivity contribution in [1.29, 1.82) is 0 Å². The zero-order valence-electron chi connectivity index (χ0n) is 7.45. The van der Waals surface area contributed by atoms with Crippen LogP contribution in [-0.4, -0.2) is 20.9 Å². The van der Waals surface area contributed by atoms with Gasteiger partial charge in [0.1, 0.15) is 0 Å². The molecule has 2 rings (SSSR count). The van der Waals surface area contributed by atoms with Gasteiger partial charge < -0.3 is 9.84 Å². The van der Waals surface area contributed by atoms with Gasteiger partial charge in [-0.25, -0.2) is 0 Å². The van der Waals surface area contributed by atoms with Crippen LogP contribution in [0.25, 0.3) is 0 Å². The molecule has 0 atom stereocenters. The molecule has 0 unspecified atom stereocenters. The Morgan fingerprint density at radius 3 is 3.00 bits per heavy atom. The van der Waals surface area contributed by atoms with Gasteiger partial charge in [0, 0.05) is 0 Å². The molecule has 2 heterocycles. The van der Waals surface area contributed by atoms with Gasteiger partial charge in [-0.05, 0) is 0 Å². The molecule has 2 N–H and O–H groups in total. The van der Waals surface area contributed by atoms with Crippen molar-refractivity contribution in [2.75, 3.05) is 0 Å². The number of H-pyrrole nitrogens is 1. The third-order valence-corrected chi connectivity index (χ3v) is 2.18. The summed E-state index contributed by atoms with van der Waals surface area (Å²) in [5, 5.41) is 11.3. The van der Waals surface area contributed by atoms with Crippen LogP contribution in [0.5, 0.6) is 0 Å². The topological polar surface area (TPSA) is 84.3 Å². The number of aromatic amines is 1. The maximum atomic E-state index is 11.5. The zero-order chi connectivity index (χ0) is 10.1. The molecule has 0 spiro atoms. The summed E-state index contributed by atoms with van der Waals surface area (Å²) in [4.78, 5) is 21.8. The number of carboxylic acids is 1. The Morgan fingerprint density at radius 2 is 2.36 bits per heavy atom. The summed E-state index contributed by atoms with van der Waals surface area (Å²) >= 11 is 0. The van der Waals surface area contributed by atoms with Crippen LogP contribution in [0.4, 0.5) is 0 Å². The highest BCUT2D eigenvalue weighted by atomic mass is 16.5. The Kier molecular flexibility index (Phi) is 2.12. The minimum Gasteiger partial charge on any atom is -0.481 e. The summed E-state index contributed by atoms with van der Waals surface area (Å²) in [7, 11) is 0. The molecule has 0 bridgehead atoms. The van der Waals surface area contributed by atoms with E-state index >= 15 is 0 Å². The standard InChI is InChI=1S/C8H10N2O4/c11-7(12)1-2-10-8(13)5-3-14-4-6(5)9-10/h9H,1-4H2,(H,11,12). The van der Waals surface area contributed by atoms with Crippen LogP contribution in [0, 0.1) is 0 Å². The number of carboxylic acid groups (broad SMARTS) is 1. The van der Waals surface area contributed by atoms with Gasteiger partial charge in [-0.15, -0.1) is 0 Å². The van der Waals surface area contributed by atoms with E-state index in [-0.39, 0.29) is 18.5 Å². The molecular formula is C8H10N2O4. The quantitative estimate of drug-likeness (QED) is 0.697. The molecule has 0 amide bonds. The van der Waals surface area contributed by atoms with Crippen molar-refractivity contribution in [2.24, 2.45) is 0 Å². The lowest BCUT2D eigenvalue weighted by atomic mass is 10.3. The largest absolute Gasteiger partial charge is 0.481 e. The number of hydrogen-bond acceptors (Lipinski definition) is 3. The van der Waals surface area contributed by atoms with Crippen LogP contribution in [0.3, 0.4) is 0 Å². The molecule has 0 radical (unpaired) electrons. The number of carbonyl (C=O) groups is 1. The van der Waals surface area contributed by atoms with Crippen LogP contribution in [-0.2, 0) is 29.3 Å². The Hall–Kier alpha value is -1.56. The van der Waals surface area contributed by atoms with E-state index in [0.29, 0.717) is 18.8 Å². The van der Waals surface area contributed by atoms with Crippen LogP contribution in [0.1, 0.15) is 17.7 Å². The van der Waals surface area contributed by atoms with Gasteiger partial charge in [-0.1, -0.05) is 0 Å². The van der Waals surface area contributed by atoms with Crippen molar-refractivity contribution in [3.05, 3.63) is 21.6 Å². The highest BCUT2D eigenvalue weighted by molar-refractivity contribution is 5.66. The maximum Gasteiger partial charge on any atom is 0.305 e. The number of aliphatic carboxylic acids is 1. The molecule has 0 saturated carbocycles. The average Bonchev–Trinajstić information content (AvgIpc) is 2.66. The molecule has 1 aromatic heterocycles. The first-order chi connectivity index (χ1) is 6.68. The second-order valence-corrected chi connectivity index (χ2v) is 3.16. The molecule has 0 fully saturated rings. The molecule has 1 aliphatic heterocycles. The van der Waals surface area contributed by atoms with E-state index in [0.717, 1.165) is 5.69 Å². The van der Waals surface area contributed by atoms with Gasteiger partial charge in [0.15, 0.2) is 0 Å². The van der Waals surface area contributed by atoms with Gasteiger partial charge in [0.25, 0.3) is 5.56 Å². The molecule has 76 valence electrons. The fourth-order valence-electron chi connectivity index (χ4n) is 1.46. The number of rotatable bonds is 3. The molecule has 0 aromatic carbocycles. The number of aryl methyl sites for hydroxylation is 1. The van der Waals surface area contributed by atoms with Crippen LogP contribution < -0.4 is 5.56 Å². The van der Waals surface area contributed by atoms with E-state index in [1.807, 2.05) is 0 Å². The van der Waals surface area contributed by atoms with E-state index < -0.39 is 5.97 Å². The van der Waals surface area contributed by atoms with E-state index in [9.17, 15) is 9.59 Å². The van der Waals surface area contributed by atoms with E-state index in [1.54, 1.807) is 0 Å². The van der Waals surface area contributed by atoms with Crippen LogP contribution >= 0.6 is 0 Å². The van der Waals surface area contributed by atoms with Gasteiger partial charge in [-0.2, -0.15) is 0 Å². The Balaban J connectivity index is 2.20. The number of nitrogens with zero attached hydrogens (tertiary/aromatic N) is 1. The van der Waals surface area contributed by atoms with Crippen molar-refractivity contribution in [1.82, 2.24) is 9.78 Å². The Labute approximate surface area is 79.1 Å². The van der Waals surface area contributed by atoms with Crippen LogP contribution in [0.15, 0.2) is 4.79 Å². The van der Waals surface area contributed by atoms with Gasteiger partial charge in [0.2, 0.25) is 0 Å². The van der Waals surface area contributed by atoms with Crippen LogP contribution in [0.2, 0.25) is 0 Å². The third-order valence-electron chi connectivity index (χ3n) is 2.18. The Morgan fingerprint density at radius 1 is 1.57 bits per heavy atom. The average molecular weight is 198 g/mol. The first kappa shape index (κ1) is 9.01. The normalized spacial score (nSPS) is 14.3. The van der Waals surface area contributed by atoms with E-state index in [2.05, 4.69) is 5.10 Å². The highest BCUT2D eigenvalue weighted by Crippen LogP contribution is 2.13. The SMILES string of the molecule is O=C(O)CCn1[nH]c2c(c1=O)COC2. The number of hydrogen-bond donors (Lipinski definition) is 2. The monoisotopic (exact) mass is 198 g/mol. The summed E-state index contributed by atoms with van der Waals surface area (Å²) in [6.07, 6.45) is -0.0554. The summed E-state index contributed by atoms with van der Waals surface area (Å²) in [5.41, 5.74) is 1.22. The second kappa shape index (κ2) is 3.30. The molecule has 1 aliphatic rings. The summed E-state index contributed by atoms with van der Waals surface area (Å²) in [6, 6.07) is 0. The minimum atomic E-state index is -0.914. The summed E-state index contributed by atoms with van der Waals surface area (Å²) < 4.78 is 6.38. The molecule has 1 aromatic rings. The number of ether oxygens (including phenoxy) is 1. The van der Waals surface area contributed by atoms with Gasteiger partial charge in [-0.3, -0.25) is 19.4 Å². The predicted octanol–water partition coefficient (Wildman–Crippen LogP) is -0.319. The van der Waals surface area contributed by atoms with Crippen molar-refractivity contribution in [3.63, 3.8) is 0 Å². The van der Waals surface area contributed by atoms with Crippen molar-refractivity contribution < 1.29 is 14.6 Å². The van der Waals surface area contributed by atoms with Crippen molar-refractivity contribution >= 4 is 5.97 Å². The molecule has 6 nitrogen and oxygen atoms in total. The minimum absolute atomic E-state index is 0.0554. The molecular weight excluding hydrogens is 188 g/mol. The lowest BCUT2D eigenvalue weighted by molar-refractivity contribution is -0.137. The second-order valence-electron chi connectivity index (χ2n) is 3.16. The van der Waals surface area contributed by atoms with E-state index in [4.69, 9.17) is 9.84 Å². The maximum absolute atomic E-state index is 11.5. The number of nitrogens with one attached hydrogen (secondary N) is 1. The lowest BCUT2D eigenvalue weighted by Crippen LogP contribution is -2.20. The zero-order valence-corrected chi connectivity index (χ0v) is 7.45. The first-order valence-electron chi connectivity index (χ1n) is 4.28. The summed E-state index contributed by atoms with van der Waals surface area (Å²) in [5.74, 6) is -0.914. The first-order valence-corrected chi connectivity index (χ1v) is 4.28. The fraction of sp³-hybridized carbons (Fsp3) is 0.500. The summed E-state index contributed by atoms with van der Waals surface area (Å²) in [6.45, 7) is 0.913. The number of fused-ring (bicyclic) bond motifs is 1. The predicted molar refractivity (Wildman–Crippen MR) is 45.8 cm³/mol. The molecule has 14 heavy (non-hydrogen) atoms. The molecule has 6 heteroatoms.